The van der Waals surface area contributed by atoms with Gasteiger partial charge in [0, 0.05) is 70.2 Å². The normalized spacial score (nSPS) is 54.2. The van der Waals surface area contributed by atoms with E-state index in [1.807, 2.05) is 20.8 Å². The van der Waals surface area contributed by atoms with E-state index in [1.54, 1.807) is 35.2 Å². The van der Waals surface area contributed by atoms with E-state index in [9.17, 15) is 20.1 Å². The molecule has 7 aliphatic rings. The molecule has 358 valence electrons. The van der Waals surface area contributed by atoms with Gasteiger partial charge in [0.25, 0.3) is 0 Å². The van der Waals surface area contributed by atoms with Crippen molar-refractivity contribution in [2.24, 2.45) is 41.4 Å². The Morgan fingerprint density at radius 3 is 2.05 bits per heavy atom. The molecule has 15 heteroatoms. The lowest BCUT2D eigenvalue weighted by Gasteiger charge is -2.54. The number of carbonyl (C=O) groups is 1. The molecule has 0 unspecified atom stereocenters. The number of methoxy groups -OCH3 is 3. The summed E-state index contributed by atoms with van der Waals surface area (Å²) in [5.41, 5.74) is -0.885. The second kappa shape index (κ2) is 18.6. The van der Waals surface area contributed by atoms with Gasteiger partial charge >= 0.3 is 5.97 Å². The Bertz CT molecular complexity index is 1530. The van der Waals surface area contributed by atoms with Crippen molar-refractivity contribution < 1.29 is 72.2 Å². The Kier molecular flexibility index (Phi) is 14.6. The van der Waals surface area contributed by atoms with Crippen molar-refractivity contribution in [1.82, 2.24) is 0 Å². The number of carboxylic acids is 1. The fourth-order valence-electron chi connectivity index (χ4n) is 12.8. The lowest BCUT2D eigenvalue weighted by atomic mass is 9.74. The Balaban J connectivity index is 1.08. The molecule has 0 aromatic heterocycles. The first-order chi connectivity index (χ1) is 29.1. The van der Waals surface area contributed by atoms with Crippen LogP contribution in [0.1, 0.15) is 127 Å². The van der Waals surface area contributed by atoms with E-state index < -0.39 is 65.4 Å². The minimum atomic E-state index is -2.03. The minimum Gasteiger partial charge on any atom is -0.481 e. The number of hydrogen-bond acceptors (Lipinski definition) is 14. The molecular weight excluding hydrogens is 805 g/mol. The SMILES string of the molecule is CO[C@H]1CC[C@H](O[C@@H]2[C@H](C)[C@H](C[C@@H]3C[C@@H](OC)[C@@H](C)[C@]4(O3)O[C@](C)([C@H]3CC[C@@H]([C@H]5CC[C@H]([C@H]6O[C@](C)(O)[C@H](C)C[C@@H]6C)O5)O3)[C@H](OC)[C@H]4C)O[C@](O)([C@@H](C)C(=O)O)[C@H]2C)O[C@@H]1C. The number of ether oxygens (including phenoxy) is 11. The predicted molar refractivity (Wildman–Crippen MR) is 225 cm³/mol. The lowest BCUT2D eigenvalue weighted by molar-refractivity contribution is -0.372. The summed E-state index contributed by atoms with van der Waals surface area (Å²) >= 11 is 0. The van der Waals surface area contributed by atoms with E-state index in [-0.39, 0.29) is 84.5 Å². The number of hydrogen-bond donors (Lipinski definition) is 3. The van der Waals surface area contributed by atoms with Crippen LogP contribution in [0.4, 0.5) is 0 Å². The summed E-state index contributed by atoms with van der Waals surface area (Å²) in [6.45, 7) is 19.5. The molecule has 0 bridgehead atoms. The van der Waals surface area contributed by atoms with Gasteiger partial charge in [-0.25, -0.2) is 0 Å². The van der Waals surface area contributed by atoms with Gasteiger partial charge in [0.05, 0.1) is 73.2 Å². The molecule has 15 nitrogen and oxygen atoms in total. The van der Waals surface area contributed by atoms with Crippen LogP contribution in [-0.2, 0) is 56.9 Å². The molecular formula is C47H80O15. The zero-order chi connectivity index (χ0) is 45.3. The molecule has 0 aromatic rings. The maximum Gasteiger partial charge on any atom is 0.311 e. The van der Waals surface area contributed by atoms with Crippen LogP contribution in [0.5, 0.6) is 0 Å². The third-order valence-electron chi connectivity index (χ3n) is 17.0. The summed E-state index contributed by atoms with van der Waals surface area (Å²) in [4.78, 5) is 12.5. The van der Waals surface area contributed by atoms with Crippen molar-refractivity contribution >= 4 is 5.97 Å². The summed E-state index contributed by atoms with van der Waals surface area (Å²) in [5.74, 6) is -7.83. The van der Waals surface area contributed by atoms with Gasteiger partial charge in [-0.15, -0.1) is 0 Å². The van der Waals surface area contributed by atoms with Gasteiger partial charge in [-0.3, -0.25) is 4.79 Å². The van der Waals surface area contributed by atoms with Gasteiger partial charge < -0.3 is 67.4 Å². The molecule has 62 heavy (non-hydrogen) atoms. The van der Waals surface area contributed by atoms with Crippen molar-refractivity contribution in [1.29, 1.82) is 0 Å². The fourth-order valence-corrected chi connectivity index (χ4v) is 12.8. The van der Waals surface area contributed by atoms with E-state index in [1.165, 1.54) is 6.92 Å². The molecule has 0 aliphatic carbocycles. The summed E-state index contributed by atoms with van der Waals surface area (Å²) in [6.07, 6.45) is 2.43. The van der Waals surface area contributed by atoms with Crippen LogP contribution in [0.2, 0.25) is 0 Å². The molecule has 7 fully saturated rings. The van der Waals surface area contributed by atoms with Crippen LogP contribution < -0.4 is 0 Å². The Hall–Kier alpha value is -1.05. The Morgan fingerprint density at radius 1 is 0.742 bits per heavy atom. The van der Waals surface area contributed by atoms with Crippen molar-refractivity contribution in [2.75, 3.05) is 21.3 Å². The average molecular weight is 885 g/mol. The van der Waals surface area contributed by atoms with Gasteiger partial charge in [0.15, 0.2) is 23.7 Å². The lowest BCUT2D eigenvalue weighted by Crippen LogP contribution is -2.64. The maximum atomic E-state index is 12.5. The van der Waals surface area contributed by atoms with E-state index in [4.69, 9.17) is 52.1 Å². The molecule has 7 rings (SSSR count). The number of rotatable bonds is 12. The zero-order valence-electron chi connectivity index (χ0n) is 39.7. The zero-order valence-corrected chi connectivity index (χ0v) is 39.7. The highest BCUT2D eigenvalue weighted by atomic mass is 16.7. The Labute approximate surface area is 369 Å². The first kappa shape index (κ1) is 48.9. The van der Waals surface area contributed by atoms with Gasteiger partial charge in [0.2, 0.25) is 0 Å². The molecule has 7 heterocycles. The number of aliphatic hydroxyl groups is 2. The predicted octanol–water partition coefficient (Wildman–Crippen LogP) is 5.82. The van der Waals surface area contributed by atoms with Crippen LogP contribution in [0.15, 0.2) is 0 Å². The smallest absolute Gasteiger partial charge is 0.311 e. The summed E-state index contributed by atoms with van der Waals surface area (Å²) < 4.78 is 72.1. The quantitative estimate of drug-likeness (QED) is 0.213. The molecule has 24 atom stereocenters. The van der Waals surface area contributed by atoms with Gasteiger partial charge in [0.1, 0.15) is 11.5 Å². The van der Waals surface area contributed by atoms with E-state index in [2.05, 4.69) is 27.7 Å². The third-order valence-corrected chi connectivity index (χ3v) is 17.0. The molecule has 7 aliphatic heterocycles. The first-order valence-corrected chi connectivity index (χ1v) is 23.7. The maximum absolute atomic E-state index is 12.5. The van der Waals surface area contributed by atoms with Gasteiger partial charge in [-0.1, -0.05) is 41.5 Å². The van der Waals surface area contributed by atoms with Gasteiger partial charge in [-0.05, 0) is 72.1 Å². The Morgan fingerprint density at radius 2 is 1.40 bits per heavy atom. The molecule has 0 radical (unpaired) electrons. The topological polar surface area (TPSA) is 179 Å². The monoisotopic (exact) mass is 885 g/mol. The summed E-state index contributed by atoms with van der Waals surface area (Å²) in [7, 11) is 5.10. The summed E-state index contributed by atoms with van der Waals surface area (Å²) in [5, 5.41) is 33.4. The van der Waals surface area contributed by atoms with Gasteiger partial charge in [-0.2, -0.15) is 0 Å². The second-order valence-electron chi connectivity index (χ2n) is 20.8. The van der Waals surface area contributed by atoms with Crippen LogP contribution in [0.25, 0.3) is 0 Å². The number of carboxylic acid groups (broad SMARTS) is 1. The van der Waals surface area contributed by atoms with Crippen molar-refractivity contribution in [3.8, 4) is 0 Å². The molecule has 7 saturated heterocycles. The van der Waals surface area contributed by atoms with Crippen molar-refractivity contribution in [2.45, 2.75) is 230 Å². The highest BCUT2D eigenvalue weighted by Gasteiger charge is 2.69. The average Bonchev–Trinajstić information content (AvgIpc) is 3.96. The highest BCUT2D eigenvalue weighted by molar-refractivity contribution is 5.70. The van der Waals surface area contributed by atoms with Crippen LogP contribution >= 0.6 is 0 Å². The van der Waals surface area contributed by atoms with Crippen LogP contribution in [0.3, 0.4) is 0 Å². The van der Waals surface area contributed by atoms with Crippen LogP contribution in [0, 0.1) is 41.4 Å². The molecule has 1 spiro atoms. The van der Waals surface area contributed by atoms with E-state index >= 15 is 0 Å². The fraction of sp³-hybridized carbons (Fsp3) is 0.979. The van der Waals surface area contributed by atoms with E-state index in [0.717, 1.165) is 38.5 Å². The van der Waals surface area contributed by atoms with Crippen molar-refractivity contribution in [3.05, 3.63) is 0 Å². The minimum absolute atomic E-state index is 0.0467. The highest BCUT2D eigenvalue weighted by Crippen LogP contribution is 2.57. The second-order valence-corrected chi connectivity index (χ2v) is 20.8. The molecule has 3 N–H and O–H groups in total. The standard InChI is InChI=1S/C47H80O15/c1-23-20-24(2)45(10,50)61-40(23)35-15-14-33(56-35)34-16-18-38(57-34)44(9)42(54-13)28(6)47(62-44)26(4)37(53-12)22-31(59-47)21-36-25(3)41(27(5)46(51,60-36)29(7)43(48)49)58-39-19-17-32(52-11)30(8)55-39/h23-42,50-51H,14-22H2,1-13H3,(H,48,49)/t23-,24+,25+,26+,27-,28+,29-,30+,31+,32-,33+,34-,35+,36-,37+,38+,39-,40-,41+,42+,44+,45-,46-,47-/m0/s1. The van der Waals surface area contributed by atoms with E-state index in [0.29, 0.717) is 19.3 Å². The molecule has 0 aromatic carbocycles. The van der Waals surface area contributed by atoms with Crippen LogP contribution in [-0.4, -0.2) is 145 Å². The molecule has 0 amide bonds. The first-order valence-electron chi connectivity index (χ1n) is 23.7. The number of aliphatic carboxylic acids is 1. The molecule has 0 saturated carbocycles. The summed E-state index contributed by atoms with van der Waals surface area (Å²) in [6, 6.07) is 0. The van der Waals surface area contributed by atoms with Crippen molar-refractivity contribution in [3.63, 3.8) is 0 Å². The largest absolute Gasteiger partial charge is 0.481 e. The third kappa shape index (κ3) is 8.69.